The van der Waals surface area contributed by atoms with E-state index in [0.717, 1.165) is 32.2 Å². The Morgan fingerprint density at radius 2 is 1.95 bits per heavy atom. The van der Waals surface area contributed by atoms with Crippen LogP contribution in [0, 0.1) is 0 Å². The molecule has 96 valence electrons. The van der Waals surface area contributed by atoms with Crippen molar-refractivity contribution in [3.05, 3.63) is 64.1 Å². The fourth-order valence-electron chi connectivity index (χ4n) is 2.04. The summed E-state index contributed by atoms with van der Waals surface area (Å²) in [5, 5.41) is 1.80. The van der Waals surface area contributed by atoms with Crippen LogP contribution in [0.2, 0.25) is 5.02 Å². The van der Waals surface area contributed by atoms with Crippen LogP contribution < -0.4 is 5.73 Å². The van der Waals surface area contributed by atoms with E-state index < -0.39 is 0 Å². The smallest absolute Gasteiger partial charge is 0.0957 e. The molecule has 0 spiro atoms. The summed E-state index contributed by atoms with van der Waals surface area (Å²) in [5.41, 5.74) is 8.35. The monoisotopic (exact) mass is 288 g/mol. The standard InChI is InChI=1S/C15H13ClN2S/c16-11-6-7-13-14(8-11)19-15(18-13)9-12(17)10-4-2-1-3-5-10/h1-8,12H,9,17H2. The lowest BCUT2D eigenvalue weighted by molar-refractivity contribution is 0.719. The van der Waals surface area contributed by atoms with Gasteiger partial charge in [-0.3, -0.25) is 0 Å². The largest absolute Gasteiger partial charge is 0.324 e. The number of thiazole rings is 1. The Kier molecular flexibility index (Phi) is 3.51. The summed E-state index contributed by atoms with van der Waals surface area (Å²) in [6, 6.07) is 15.9. The van der Waals surface area contributed by atoms with Gasteiger partial charge in [0.25, 0.3) is 0 Å². The lowest BCUT2D eigenvalue weighted by Crippen LogP contribution is -2.12. The van der Waals surface area contributed by atoms with Crippen molar-refractivity contribution in [2.45, 2.75) is 12.5 Å². The average Bonchev–Trinajstić information content (AvgIpc) is 2.81. The third-order valence-corrected chi connectivity index (χ3v) is 4.29. The Morgan fingerprint density at radius 3 is 2.74 bits per heavy atom. The zero-order valence-electron chi connectivity index (χ0n) is 10.2. The molecule has 2 aromatic carbocycles. The van der Waals surface area contributed by atoms with E-state index in [9.17, 15) is 0 Å². The molecule has 0 saturated carbocycles. The number of nitrogens with zero attached hydrogens (tertiary/aromatic N) is 1. The molecule has 3 rings (SSSR count). The summed E-state index contributed by atoms with van der Waals surface area (Å²) in [6.45, 7) is 0. The number of nitrogens with two attached hydrogens (primary N) is 1. The van der Waals surface area contributed by atoms with Gasteiger partial charge in [0, 0.05) is 17.5 Å². The molecule has 1 aromatic heterocycles. The van der Waals surface area contributed by atoms with Crippen molar-refractivity contribution in [2.24, 2.45) is 5.73 Å². The Bertz CT molecular complexity index is 694. The van der Waals surface area contributed by atoms with E-state index in [2.05, 4.69) is 17.1 Å². The quantitative estimate of drug-likeness (QED) is 0.785. The summed E-state index contributed by atoms with van der Waals surface area (Å²) in [6.07, 6.45) is 0.751. The lowest BCUT2D eigenvalue weighted by atomic mass is 10.1. The van der Waals surface area contributed by atoms with E-state index in [1.165, 1.54) is 0 Å². The molecule has 0 amide bonds. The predicted molar refractivity (Wildman–Crippen MR) is 81.7 cm³/mol. The van der Waals surface area contributed by atoms with Gasteiger partial charge in [-0.25, -0.2) is 4.98 Å². The Morgan fingerprint density at radius 1 is 1.16 bits per heavy atom. The molecule has 0 fully saturated rings. The number of hydrogen-bond donors (Lipinski definition) is 1. The number of fused-ring (bicyclic) bond motifs is 1. The van der Waals surface area contributed by atoms with Crippen LogP contribution >= 0.6 is 22.9 Å². The first-order chi connectivity index (χ1) is 9.22. The van der Waals surface area contributed by atoms with E-state index in [1.54, 1.807) is 11.3 Å². The summed E-state index contributed by atoms with van der Waals surface area (Å²) in [7, 11) is 0. The van der Waals surface area contributed by atoms with Crippen LogP contribution in [0.25, 0.3) is 10.2 Å². The maximum absolute atomic E-state index is 6.22. The molecule has 0 aliphatic carbocycles. The van der Waals surface area contributed by atoms with Crippen LogP contribution in [-0.4, -0.2) is 4.98 Å². The molecule has 1 unspecified atom stereocenters. The van der Waals surface area contributed by atoms with Gasteiger partial charge in [0.1, 0.15) is 0 Å². The van der Waals surface area contributed by atoms with Crippen molar-refractivity contribution in [2.75, 3.05) is 0 Å². The van der Waals surface area contributed by atoms with Crippen molar-refractivity contribution >= 4 is 33.2 Å². The average molecular weight is 289 g/mol. The molecule has 3 aromatic rings. The molecule has 0 bridgehead atoms. The molecule has 2 N–H and O–H groups in total. The first-order valence-electron chi connectivity index (χ1n) is 6.08. The minimum atomic E-state index is -0.0164. The van der Waals surface area contributed by atoms with Gasteiger partial charge in [0.05, 0.1) is 15.2 Å². The Balaban J connectivity index is 1.85. The fourth-order valence-corrected chi connectivity index (χ4v) is 3.34. The molecule has 0 aliphatic heterocycles. The van der Waals surface area contributed by atoms with Gasteiger partial charge >= 0.3 is 0 Å². The normalized spacial score (nSPS) is 12.7. The summed E-state index contributed by atoms with van der Waals surface area (Å²) < 4.78 is 1.11. The molecule has 1 heterocycles. The van der Waals surface area contributed by atoms with Crippen molar-refractivity contribution in [3.8, 4) is 0 Å². The van der Waals surface area contributed by atoms with Gasteiger partial charge in [-0.1, -0.05) is 41.9 Å². The van der Waals surface area contributed by atoms with E-state index in [4.69, 9.17) is 17.3 Å². The van der Waals surface area contributed by atoms with Crippen LogP contribution in [0.1, 0.15) is 16.6 Å². The third-order valence-electron chi connectivity index (χ3n) is 3.02. The van der Waals surface area contributed by atoms with Gasteiger partial charge < -0.3 is 5.73 Å². The lowest BCUT2D eigenvalue weighted by Gasteiger charge is -2.09. The van der Waals surface area contributed by atoms with Crippen molar-refractivity contribution in [1.29, 1.82) is 0 Å². The maximum Gasteiger partial charge on any atom is 0.0957 e. The second-order valence-electron chi connectivity index (χ2n) is 4.44. The van der Waals surface area contributed by atoms with Gasteiger partial charge in [0.2, 0.25) is 0 Å². The summed E-state index contributed by atoms with van der Waals surface area (Å²) in [4.78, 5) is 4.60. The molecule has 4 heteroatoms. The Labute approximate surface area is 120 Å². The Hall–Kier alpha value is -1.42. The second-order valence-corrected chi connectivity index (χ2v) is 5.99. The number of rotatable bonds is 3. The SMILES string of the molecule is NC(Cc1nc2ccc(Cl)cc2s1)c1ccccc1. The minimum absolute atomic E-state index is 0.0164. The fraction of sp³-hybridized carbons (Fsp3) is 0.133. The predicted octanol–water partition coefficient (Wildman–Crippen LogP) is 4.19. The van der Waals surface area contributed by atoms with Gasteiger partial charge in [-0.05, 0) is 23.8 Å². The molecular weight excluding hydrogens is 276 g/mol. The third kappa shape index (κ3) is 2.78. The van der Waals surface area contributed by atoms with Gasteiger partial charge in [-0.15, -0.1) is 11.3 Å². The zero-order valence-corrected chi connectivity index (χ0v) is 11.8. The first-order valence-corrected chi connectivity index (χ1v) is 7.27. The van der Waals surface area contributed by atoms with E-state index >= 15 is 0 Å². The van der Waals surface area contributed by atoms with Crippen LogP contribution in [0.4, 0.5) is 0 Å². The van der Waals surface area contributed by atoms with Crippen molar-refractivity contribution < 1.29 is 0 Å². The molecule has 1 atom stereocenters. The molecule has 19 heavy (non-hydrogen) atoms. The molecule has 0 radical (unpaired) electrons. The molecule has 2 nitrogen and oxygen atoms in total. The van der Waals surface area contributed by atoms with E-state index in [1.807, 2.05) is 36.4 Å². The minimum Gasteiger partial charge on any atom is -0.324 e. The highest BCUT2D eigenvalue weighted by Crippen LogP contribution is 2.27. The van der Waals surface area contributed by atoms with Crippen molar-refractivity contribution in [3.63, 3.8) is 0 Å². The van der Waals surface area contributed by atoms with E-state index in [-0.39, 0.29) is 6.04 Å². The zero-order chi connectivity index (χ0) is 13.2. The number of hydrogen-bond acceptors (Lipinski definition) is 3. The van der Waals surface area contributed by atoms with Gasteiger partial charge in [-0.2, -0.15) is 0 Å². The highest BCUT2D eigenvalue weighted by molar-refractivity contribution is 7.18. The van der Waals surface area contributed by atoms with Crippen LogP contribution in [-0.2, 0) is 6.42 Å². The number of aromatic nitrogens is 1. The van der Waals surface area contributed by atoms with Crippen LogP contribution in [0.15, 0.2) is 48.5 Å². The van der Waals surface area contributed by atoms with Gasteiger partial charge in [0.15, 0.2) is 0 Å². The second kappa shape index (κ2) is 5.29. The highest BCUT2D eigenvalue weighted by atomic mass is 35.5. The summed E-state index contributed by atoms with van der Waals surface area (Å²) >= 11 is 7.64. The van der Waals surface area contributed by atoms with Crippen molar-refractivity contribution in [1.82, 2.24) is 4.98 Å². The molecular formula is C15H13ClN2S. The topological polar surface area (TPSA) is 38.9 Å². The molecule has 0 aliphatic rings. The van der Waals surface area contributed by atoms with E-state index in [0.29, 0.717) is 0 Å². The van der Waals surface area contributed by atoms with Crippen LogP contribution in [0.3, 0.4) is 0 Å². The number of benzene rings is 2. The van der Waals surface area contributed by atoms with Crippen LogP contribution in [0.5, 0.6) is 0 Å². The molecule has 0 saturated heterocycles. The highest BCUT2D eigenvalue weighted by Gasteiger charge is 2.10. The summed E-state index contributed by atoms with van der Waals surface area (Å²) in [5.74, 6) is 0. The number of halogens is 1. The maximum atomic E-state index is 6.22. The first kappa shape index (κ1) is 12.6.